The molecule has 0 bridgehead atoms. The maximum absolute atomic E-state index is 5.55. The highest BCUT2D eigenvalue weighted by Gasteiger charge is 2.49. The largest absolute Gasteiger partial charge is 0.348 e. The predicted molar refractivity (Wildman–Crippen MR) is 44.3 cm³/mol. The second-order valence-corrected chi connectivity index (χ2v) is 4.18. The van der Waals surface area contributed by atoms with E-state index in [4.69, 9.17) is 5.73 Å². The highest BCUT2D eigenvalue weighted by atomic mass is 15.1. The Morgan fingerprint density at radius 3 is 2.50 bits per heavy atom. The molecule has 2 aliphatic rings. The monoisotopic (exact) mass is 138 g/mol. The molecule has 0 aromatic carbocycles. The summed E-state index contributed by atoms with van der Waals surface area (Å²) in [5.41, 5.74) is 6.29. The van der Waals surface area contributed by atoms with Crippen LogP contribution >= 0.6 is 0 Å². The Hall–Kier alpha value is -0.0151. The summed E-state index contributed by atoms with van der Waals surface area (Å²) >= 11 is 0. The van der Waals surface area contributed by atoms with Crippen LogP contribution in [0.2, 0.25) is 0 Å². The molecule has 0 radical (unpaired) electrons. The van der Waals surface area contributed by atoms with Gasteiger partial charge in [0.1, 0.15) is 0 Å². The van der Waals surface area contributed by atoms with Crippen molar-refractivity contribution in [3.8, 4) is 0 Å². The Morgan fingerprint density at radius 1 is 1.50 bits per heavy atom. The third-order valence-corrected chi connectivity index (χ3v) is 2.99. The van der Waals surface area contributed by atoms with Crippen LogP contribution in [0.15, 0.2) is 0 Å². The highest BCUT2D eigenvalue weighted by Crippen LogP contribution is 2.50. The number of hydrogen-bond donors (Lipinski definition) is 1. The summed E-state index contributed by atoms with van der Waals surface area (Å²) in [5.74, 6) is 0.855. The lowest BCUT2D eigenvalue weighted by Crippen LogP contribution is -2.62. The van der Waals surface area contributed by atoms with Crippen LogP contribution in [-0.4, -0.2) is 32.4 Å². The first kappa shape index (κ1) is 6.68. The van der Waals surface area contributed by atoms with Gasteiger partial charge in [0.05, 0.1) is 0 Å². The molecule has 0 amide bonds. The SMILES string of the molecule is BN1CC2(CC(CN)C2)C1. The van der Waals surface area contributed by atoms with Gasteiger partial charge in [-0.25, -0.2) is 0 Å². The first-order chi connectivity index (χ1) is 4.74. The lowest BCUT2D eigenvalue weighted by molar-refractivity contribution is -0.0489. The number of rotatable bonds is 1. The molecule has 0 aromatic rings. The van der Waals surface area contributed by atoms with Gasteiger partial charge in [0.15, 0.2) is 7.98 Å². The van der Waals surface area contributed by atoms with Gasteiger partial charge in [0, 0.05) is 0 Å². The minimum atomic E-state index is 0.735. The summed E-state index contributed by atoms with van der Waals surface area (Å²) in [7, 11) is 2.20. The van der Waals surface area contributed by atoms with E-state index < -0.39 is 0 Å². The number of hydrogen-bond acceptors (Lipinski definition) is 2. The smallest absolute Gasteiger partial charge is 0.185 e. The van der Waals surface area contributed by atoms with Gasteiger partial charge < -0.3 is 10.5 Å². The lowest BCUT2D eigenvalue weighted by Gasteiger charge is -2.58. The van der Waals surface area contributed by atoms with Crippen molar-refractivity contribution in [2.45, 2.75) is 12.8 Å². The van der Waals surface area contributed by atoms with E-state index in [0.717, 1.165) is 17.9 Å². The molecule has 10 heavy (non-hydrogen) atoms. The summed E-state index contributed by atoms with van der Waals surface area (Å²) in [6.07, 6.45) is 2.79. The summed E-state index contributed by atoms with van der Waals surface area (Å²) in [6.45, 7) is 3.55. The molecule has 1 heterocycles. The Labute approximate surface area is 63.2 Å². The molecule has 2 fully saturated rings. The normalized spacial score (nSPS) is 31.7. The zero-order valence-electron chi connectivity index (χ0n) is 6.64. The molecule has 0 aromatic heterocycles. The minimum absolute atomic E-state index is 0.735. The van der Waals surface area contributed by atoms with Crippen LogP contribution < -0.4 is 5.73 Å². The third kappa shape index (κ3) is 0.806. The van der Waals surface area contributed by atoms with E-state index in [2.05, 4.69) is 12.8 Å². The molecule has 2 rings (SSSR count). The van der Waals surface area contributed by atoms with Crippen molar-refractivity contribution < 1.29 is 0 Å². The second-order valence-electron chi connectivity index (χ2n) is 4.18. The topological polar surface area (TPSA) is 29.3 Å². The Morgan fingerprint density at radius 2 is 2.10 bits per heavy atom. The summed E-state index contributed by atoms with van der Waals surface area (Å²) in [4.78, 5) is 2.40. The Balaban J connectivity index is 1.80. The molecule has 56 valence electrons. The molecule has 3 heteroatoms. The van der Waals surface area contributed by atoms with Gasteiger partial charge in [0.2, 0.25) is 0 Å². The van der Waals surface area contributed by atoms with Crippen LogP contribution in [0.4, 0.5) is 0 Å². The molecule has 1 aliphatic carbocycles. The van der Waals surface area contributed by atoms with Crippen LogP contribution in [0.25, 0.3) is 0 Å². The molecule has 0 atom stereocenters. The van der Waals surface area contributed by atoms with Crippen molar-refractivity contribution in [1.82, 2.24) is 4.81 Å². The molecular weight excluding hydrogens is 123 g/mol. The van der Waals surface area contributed by atoms with Crippen molar-refractivity contribution in [1.29, 1.82) is 0 Å². The molecule has 0 unspecified atom stereocenters. The van der Waals surface area contributed by atoms with Gasteiger partial charge in [-0.15, -0.1) is 0 Å². The maximum Gasteiger partial charge on any atom is 0.185 e. The fraction of sp³-hybridized carbons (Fsp3) is 1.00. The molecule has 2 N–H and O–H groups in total. The fourth-order valence-electron chi connectivity index (χ4n) is 2.69. The lowest BCUT2D eigenvalue weighted by atomic mass is 9.57. The van der Waals surface area contributed by atoms with E-state index in [0.29, 0.717) is 0 Å². The first-order valence-corrected chi connectivity index (χ1v) is 4.13. The summed E-state index contributed by atoms with van der Waals surface area (Å²) in [6, 6.07) is 0. The van der Waals surface area contributed by atoms with Gasteiger partial charge >= 0.3 is 0 Å². The van der Waals surface area contributed by atoms with Crippen LogP contribution in [0.5, 0.6) is 0 Å². The van der Waals surface area contributed by atoms with E-state index in [1.54, 1.807) is 0 Å². The number of nitrogens with two attached hydrogens (primary N) is 1. The van der Waals surface area contributed by atoms with Gasteiger partial charge in [-0.2, -0.15) is 0 Å². The van der Waals surface area contributed by atoms with E-state index in [9.17, 15) is 0 Å². The van der Waals surface area contributed by atoms with Crippen molar-refractivity contribution in [2.24, 2.45) is 17.1 Å². The quantitative estimate of drug-likeness (QED) is 0.481. The van der Waals surface area contributed by atoms with Crippen molar-refractivity contribution in [3.05, 3.63) is 0 Å². The molecular formula is C7H15BN2. The third-order valence-electron chi connectivity index (χ3n) is 2.99. The Bertz CT molecular complexity index is 135. The van der Waals surface area contributed by atoms with Crippen LogP contribution in [-0.2, 0) is 0 Å². The van der Waals surface area contributed by atoms with Gasteiger partial charge in [0.25, 0.3) is 0 Å². The summed E-state index contributed by atoms with van der Waals surface area (Å²) in [5, 5.41) is 0. The summed E-state index contributed by atoms with van der Waals surface area (Å²) < 4.78 is 0. The van der Waals surface area contributed by atoms with Crippen LogP contribution in [0.3, 0.4) is 0 Å². The minimum Gasteiger partial charge on any atom is -0.348 e. The Kier molecular flexibility index (Phi) is 1.33. The predicted octanol–water partition coefficient (Wildman–Crippen LogP) is -0.795. The average Bonchev–Trinajstić information content (AvgIpc) is 1.74. The van der Waals surface area contributed by atoms with E-state index in [-0.39, 0.29) is 0 Å². The van der Waals surface area contributed by atoms with Crippen molar-refractivity contribution in [2.75, 3.05) is 19.6 Å². The molecule has 1 spiro atoms. The first-order valence-electron chi connectivity index (χ1n) is 4.13. The highest BCUT2D eigenvalue weighted by molar-refractivity contribution is 6.05. The second kappa shape index (κ2) is 1.99. The number of nitrogens with zero attached hydrogens (tertiary/aromatic N) is 1. The molecule has 1 saturated heterocycles. The zero-order valence-corrected chi connectivity index (χ0v) is 6.64. The van der Waals surface area contributed by atoms with E-state index in [1.807, 2.05) is 0 Å². The van der Waals surface area contributed by atoms with E-state index >= 15 is 0 Å². The average molecular weight is 138 g/mol. The fourth-order valence-corrected chi connectivity index (χ4v) is 2.69. The van der Waals surface area contributed by atoms with Gasteiger partial charge in [-0.05, 0) is 43.8 Å². The van der Waals surface area contributed by atoms with Gasteiger partial charge in [-0.3, -0.25) is 0 Å². The van der Waals surface area contributed by atoms with E-state index in [1.165, 1.54) is 25.9 Å². The zero-order chi connectivity index (χ0) is 7.19. The van der Waals surface area contributed by atoms with Crippen molar-refractivity contribution >= 4 is 7.98 Å². The van der Waals surface area contributed by atoms with Crippen LogP contribution in [0.1, 0.15) is 12.8 Å². The molecule has 2 nitrogen and oxygen atoms in total. The van der Waals surface area contributed by atoms with Crippen LogP contribution in [0, 0.1) is 11.3 Å². The molecule has 1 saturated carbocycles. The maximum atomic E-state index is 5.55. The standard InChI is InChI=1S/C7H15BN2/c8-10-4-7(5-10)1-6(2-7)3-9/h6H,1-5,8-9H2. The molecule has 1 aliphatic heterocycles. The van der Waals surface area contributed by atoms with Gasteiger partial charge in [-0.1, -0.05) is 0 Å². The van der Waals surface area contributed by atoms with Crippen molar-refractivity contribution in [3.63, 3.8) is 0 Å².